The van der Waals surface area contributed by atoms with Crippen molar-refractivity contribution < 1.29 is 19.5 Å². The third-order valence-corrected chi connectivity index (χ3v) is 4.87. The van der Waals surface area contributed by atoms with Crippen molar-refractivity contribution in [2.45, 2.75) is 44.2 Å². The van der Waals surface area contributed by atoms with Crippen LogP contribution in [0.25, 0.3) is 0 Å². The van der Waals surface area contributed by atoms with Crippen molar-refractivity contribution >= 4 is 17.8 Å². The zero-order valence-electron chi connectivity index (χ0n) is 12.6. The Morgan fingerprint density at radius 1 is 1.22 bits per heavy atom. The molecule has 122 valence electrons. The van der Waals surface area contributed by atoms with Gasteiger partial charge in [0.05, 0.1) is 5.56 Å². The summed E-state index contributed by atoms with van der Waals surface area (Å²) in [5.41, 5.74) is 5.52. The molecule has 1 aliphatic carbocycles. The Hall–Kier alpha value is -2.44. The summed E-state index contributed by atoms with van der Waals surface area (Å²) in [6.45, 7) is 0. The van der Waals surface area contributed by atoms with Crippen LogP contribution in [0, 0.1) is 5.92 Å². The second kappa shape index (κ2) is 5.98. The fourth-order valence-electron chi connectivity index (χ4n) is 3.77. The van der Waals surface area contributed by atoms with Gasteiger partial charge in [0, 0.05) is 12.2 Å². The van der Waals surface area contributed by atoms with Crippen LogP contribution in [0.1, 0.15) is 53.0 Å². The highest BCUT2D eigenvalue weighted by Gasteiger charge is 2.47. The van der Waals surface area contributed by atoms with Crippen LogP contribution in [0.2, 0.25) is 0 Å². The zero-order valence-corrected chi connectivity index (χ0v) is 12.6. The van der Waals surface area contributed by atoms with Gasteiger partial charge in [-0.25, -0.2) is 4.79 Å². The second-order valence-electron chi connectivity index (χ2n) is 6.21. The van der Waals surface area contributed by atoms with Crippen molar-refractivity contribution in [3.8, 4) is 0 Å². The van der Waals surface area contributed by atoms with Crippen LogP contribution in [0.4, 0.5) is 0 Å². The number of aliphatic carboxylic acids is 1. The fourth-order valence-corrected chi connectivity index (χ4v) is 3.77. The zero-order chi connectivity index (χ0) is 16.6. The van der Waals surface area contributed by atoms with E-state index in [0.29, 0.717) is 6.42 Å². The van der Waals surface area contributed by atoms with E-state index in [1.165, 1.54) is 23.2 Å². The Morgan fingerprint density at radius 3 is 2.57 bits per heavy atom. The number of carbonyl (C=O) groups excluding carboxylic acids is 2. The molecule has 2 amide bonds. The first-order chi connectivity index (χ1) is 11.0. The number of fused-ring (bicyclic) bond motifs is 1. The molecule has 3 N–H and O–H groups in total. The van der Waals surface area contributed by atoms with Gasteiger partial charge in [-0.3, -0.25) is 14.6 Å². The van der Waals surface area contributed by atoms with E-state index in [-0.39, 0.29) is 29.1 Å². The fraction of sp³-hybridized carbons (Fsp3) is 0.500. The quantitative estimate of drug-likeness (QED) is 0.864. The highest BCUT2D eigenvalue weighted by atomic mass is 16.4. The predicted molar refractivity (Wildman–Crippen MR) is 80.7 cm³/mol. The van der Waals surface area contributed by atoms with Gasteiger partial charge in [-0.2, -0.15) is 0 Å². The standard InChI is InChI=1S/C16H19N3O4/c17-14(20)10-5-6-11(18-8-10)15(21)19-12-4-2-1-3-9(12)7-13(19)16(22)23/h5-6,8-9,12-13H,1-4,7H2,(H2,17,20)(H,22,23)/t9-,12-,13-/m0/s1. The molecule has 7 nitrogen and oxygen atoms in total. The molecule has 2 aliphatic rings. The molecule has 0 spiro atoms. The van der Waals surface area contributed by atoms with E-state index in [4.69, 9.17) is 5.73 Å². The SMILES string of the molecule is NC(=O)c1ccc(C(=O)N2[C@H](C(=O)O)C[C@@H]3CCCC[C@@H]32)nc1. The molecule has 0 radical (unpaired) electrons. The lowest BCUT2D eigenvalue weighted by Crippen LogP contribution is -2.46. The Bertz CT molecular complexity index is 643. The number of nitrogens with zero attached hydrogens (tertiary/aromatic N) is 2. The molecular formula is C16H19N3O4. The van der Waals surface area contributed by atoms with Crippen molar-refractivity contribution in [2.24, 2.45) is 11.7 Å². The minimum atomic E-state index is -0.971. The minimum Gasteiger partial charge on any atom is -0.480 e. The van der Waals surface area contributed by atoms with Crippen molar-refractivity contribution in [3.05, 3.63) is 29.6 Å². The first-order valence-corrected chi connectivity index (χ1v) is 7.80. The van der Waals surface area contributed by atoms with Gasteiger partial charge >= 0.3 is 5.97 Å². The highest BCUT2D eigenvalue weighted by molar-refractivity contribution is 5.97. The van der Waals surface area contributed by atoms with Crippen LogP contribution in [-0.4, -0.2) is 44.9 Å². The summed E-state index contributed by atoms with van der Waals surface area (Å²) in [6, 6.07) is 2.03. The minimum absolute atomic E-state index is 0.0324. The lowest BCUT2D eigenvalue weighted by atomic mass is 9.84. The Labute approximate surface area is 133 Å². The van der Waals surface area contributed by atoms with Crippen LogP contribution < -0.4 is 5.73 Å². The van der Waals surface area contributed by atoms with Gasteiger partial charge in [-0.05, 0) is 37.3 Å². The molecule has 1 aromatic heterocycles. The Kier molecular flexibility index (Phi) is 4.02. The summed E-state index contributed by atoms with van der Waals surface area (Å²) in [4.78, 5) is 40.9. The molecule has 1 aromatic rings. The van der Waals surface area contributed by atoms with Crippen molar-refractivity contribution in [3.63, 3.8) is 0 Å². The normalized spacial score (nSPS) is 26.6. The van der Waals surface area contributed by atoms with Gasteiger partial charge in [0.25, 0.3) is 5.91 Å². The Morgan fingerprint density at radius 2 is 1.96 bits per heavy atom. The molecular weight excluding hydrogens is 298 g/mol. The summed E-state index contributed by atoms with van der Waals surface area (Å²) in [5, 5.41) is 9.47. The maximum atomic E-state index is 12.8. The molecule has 3 rings (SSSR count). The van der Waals surface area contributed by atoms with Crippen LogP contribution in [0.5, 0.6) is 0 Å². The van der Waals surface area contributed by atoms with Gasteiger partial charge in [-0.1, -0.05) is 12.8 Å². The predicted octanol–water partition coefficient (Wildman–Crippen LogP) is 1.04. The number of hydrogen-bond donors (Lipinski definition) is 2. The number of rotatable bonds is 3. The number of pyridine rings is 1. The van der Waals surface area contributed by atoms with Crippen molar-refractivity contribution in [1.29, 1.82) is 0 Å². The molecule has 0 aromatic carbocycles. The van der Waals surface area contributed by atoms with Gasteiger partial charge in [0.2, 0.25) is 5.91 Å². The number of primary amides is 1. The van der Waals surface area contributed by atoms with E-state index < -0.39 is 17.9 Å². The lowest BCUT2D eigenvalue weighted by molar-refractivity contribution is -0.141. The first kappa shape index (κ1) is 15.5. The number of amides is 2. The largest absolute Gasteiger partial charge is 0.480 e. The van der Waals surface area contributed by atoms with E-state index in [9.17, 15) is 19.5 Å². The summed E-state index contributed by atoms with van der Waals surface area (Å²) < 4.78 is 0. The average molecular weight is 317 g/mol. The first-order valence-electron chi connectivity index (χ1n) is 7.80. The van der Waals surface area contributed by atoms with Gasteiger partial charge in [0.1, 0.15) is 11.7 Å². The molecule has 1 aliphatic heterocycles. The number of nitrogens with two attached hydrogens (primary N) is 1. The van der Waals surface area contributed by atoms with Gasteiger partial charge in [-0.15, -0.1) is 0 Å². The number of hydrogen-bond acceptors (Lipinski definition) is 4. The van der Waals surface area contributed by atoms with Crippen molar-refractivity contribution in [1.82, 2.24) is 9.88 Å². The van der Waals surface area contributed by atoms with E-state index in [2.05, 4.69) is 4.98 Å². The molecule has 23 heavy (non-hydrogen) atoms. The number of likely N-dealkylation sites (tertiary alicyclic amines) is 1. The number of carboxylic acids is 1. The highest BCUT2D eigenvalue weighted by Crippen LogP contribution is 2.40. The van der Waals surface area contributed by atoms with Crippen molar-refractivity contribution in [2.75, 3.05) is 0 Å². The van der Waals surface area contributed by atoms with Gasteiger partial charge in [0.15, 0.2) is 0 Å². The molecule has 2 heterocycles. The number of aromatic nitrogens is 1. The maximum Gasteiger partial charge on any atom is 0.326 e. The molecule has 3 atom stereocenters. The van der Waals surface area contributed by atoms with Gasteiger partial charge < -0.3 is 15.7 Å². The van der Waals surface area contributed by atoms with E-state index >= 15 is 0 Å². The summed E-state index contributed by atoms with van der Waals surface area (Å²) in [7, 11) is 0. The molecule has 1 saturated carbocycles. The smallest absolute Gasteiger partial charge is 0.326 e. The van der Waals surface area contributed by atoms with Crippen LogP contribution in [0.3, 0.4) is 0 Å². The van der Waals surface area contributed by atoms with Crippen LogP contribution >= 0.6 is 0 Å². The summed E-state index contributed by atoms with van der Waals surface area (Å²) in [5.74, 6) is -1.73. The lowest BCUT2D eigenvalue weighted by Gasteiger charge is -2.32. The summed E-state index contributed by atoms with van der Waals surface area (Å²) in [6.07, 6.45) is 5.64. The third kappa shape index (κ3) is 2.78. The molecule has 7 heteroatoms. The number of carboxylic acid groups (broad SMARTS) is 1. The monoisotopic (exact) mass is 317 g/mol. The Balaban J connectivity index is 1.88. The average Bonchev–Trinajstić information content (AvgIpc) is 2.94. The van der Waals surface area contributed by atoms with E-state index in [1.807, 2.05) is 0 Å². The van der Waals surface area contributed by atoms with E-state index in [0.717, 1.165) is 25.7 Å². The molecule has 1 saturated heterocycles. The maximum absolute atomic E-state index is 12.8. The molecule has 0 bridgehead atoms. The second-order valence-corrected chi connectivity index (χ2v) is 6.21. The molecule has 2 fully saturated rings. The molecule has 0 unspecified atom stereocenters. The van der Waals surface area contributed by atoms with E-state index in [1.54, 1.807) is 0 Å². The number of carbonyl (C=O) groups is 3. The summed E-state index contributed by atoms with van der Waals surface area (Å²) >= 11 is 0. The van der Waals surface area contributed by atoms with Crippen LogP contribution in [0.15, 0.2) is 18.3 Å². The topological polar surface area (TPSA) is 114 Å². The van der Waals surface area contributed by atoms with Crippen LogP contribution in [-0.2, 0) is 4.79 Å². The third-order valence-electron chi connectivity index (χ3n) is 4.87.